The van der Waals surface area contributed by atoms with Crippen LogP contribution >= 0.6 is 50.7 Å². The summed E-state index contributed by atoms with van der Waals surface area (Å²) in [5, 5.41) is 1.89. The van der Waals surface area contributed by atoms with Crippen molar-refractivity contribution in [3.8, 4) is 11.3 Å². The number of nitrogens with one attached hydrogen (secondary N) is 1. The Morgan fingerprint density at radius 1 is 1.04 bits per heavy atom. The molecular weight excluding hydrogens is 418 g/mol. The second-order valence-corrected chi connectivity index (χ2v) is 7.31. The van der Waals surface area contributed by atoms with Crippen LogP contribution < -0.4 is 0 Å². The summed E-state index contributed by atoms with van der Waals surface area (Å²) in [4.78, 5) is 8.00. The molecule has 0 bridgehead atoms. The lowest BCUT2D eigenvalue weighted by Gasteiger charge is -2.02. The van der Waals surface area contributed by atoms with E-state index in [4.69, 9.17) is 34.8 Å². The van der Waals surface area contributed by atoms with Crippen LogP contribution in [0.5, 0.6) is 0 Å². The van der Waals surface area contributed by atoms with Crippen LogP contribution in [-0.2, 0) is 6.42 Å². The van der Waals surface area contributed by atoms with Gasteiger partial charge >= 0.3 is 0 Å². The maximum Gasteiger partial charge on any atom is 0.111 e. The molecule has 0 aliphatic rings. The maximum absolute atomic E-state index is 6.28. The number of aromatic amines is 1. The Kier molecular flexibility index (Phi) is 5.02. The molecule has 1 heterocycles. The Bertz CT molecular complexity index is 874. The smallest absolute Gasteiger partial charge is 0.111 e. The van der Waals surface area contributed by atoms with E-state index in [1.165, 1.54) is 0 Å². The number of imidazole rings is 1. The highest BCUT2D eigenvalue weighted by Crippen LogP contribution is 2.31. The molecule has 1 N–H and O–H groups in total. The highest BCUT2D eigenvalue weighted by atomic mass is 79.9. The van der Waals surface area contributed by atoms with Crippen molar-refractivity contribution < 1.29 is 0 Å². The molecule has 1 aromatic heterocycles. The van der Waals surface area contributed by atoms with Crippen LogP contribution in [0.15, 0.2) is 40.9 Å². The lowest BCUT2D eigenvalue weighted by molar-refractivity contribution is 1.02. The lowest BCUT2D eigenvalue weighted by Crippen LogP contribution is -1.91. The summed E-state index contributed by atoms with van der Waals surface area (Å²) in [6, 6.07) is 11.3. The fourth-order valence-electron chi connectivity index (χ4n) is 2.39. The van der Waals surface area contributed by atoms with Gasteiger partial charge in [0, 0.05) is 27.2 Å². The Hall–Kier alpha value is -1.000. The standard InChI is InChI=1S/C17H12BrCl3N2/c1-9-17(12-4-3-11(19)8-15(12)21)23-16(22-9)7-10-2-5-14(20)13(18)6-10/h2-6,8H,7H2,1H3,(H,22,23). The van der Waals surface area contributed by atoms with E-state index in [9.17, 15) is 0 Å². The van der Waals surface area contributed by atoms with Gasteiger partial charge in [-0.05, 0) is 58.7 Å². The fraction of sp³-hybridized carbons (Fsp3) is 0.118. The Morgan fingerprint density at radius 2 is 1.83 bits per heavy atom. The number of halogens is 4. The van der Waals surface area contributed by atoms with E-state index in [1.807, 2.05) is 37.3 Å². The zero-order valence-electron chi connectivity index (χ0n) is 12.1. The largest absolute Gasteiger partial charge is 0.345 e. The molecule has 23 heavy (non-hydrogen) atoms. The van der Waals surface area contributed by atoms with E-state index >= 15 is 0 Å². The highest BCUT2D eigenvalue weighted by Gasteiger charge is 2.13. The van der Waals surface area contributed by atoms with Gasteiger partial charge in [-0.15, -0.1) is 0 Å². The number of hydrogen-bond donors (Lipinski definition) is 1. The van der Waals surface area contributed by atoms with Gasteiger partial charge in [0.05, 0.1) is 15.7 Å². The van der Waals surface area contributed by atoms with E-state index in [-0.39, 0.29) is 0 Å². The summed E-state index contributed by atoms with van der Waals surface area (Å²) in [6.45, 7) is 1.98. The average molecular weight is 431 g/mol. The molecule has 2 nitrogen and oxygen atoms in total. The number of aryl methyl sites for hydroxylation is 1. The van der Waals surface area contributed by atoms with Crippen LogP contribution in [0.3, 0.4) is 0 Å². The molecule has 3 rings (SSSR count). The van der Waals surface area contributed by atoms with Gasteiger partial charge in [-0.2, -0.15) is 0 Å². The Balaban J connectivity index is 1.93. The molecule has 118 valence electrons. The first-order chi connectivity index (χ1) is 10.9. The maximum atomic E-state index is 6.28. The first kappa shape index (κ1) is 16.8. The Morgan fingerprint density at radius 3 is 2.52 bits per heavy atom. The van der Waals surface area contributed by atoms with E-state index < -0.39 is 0 Å². The van der Waals surface area contributed by atoms with Crippen LogP contribution in [0.2, 0.25) is 15.1 Å². The molecule has 0 saturated carbocycles. The highest BCUT2D eigenvalue weighted by molar-refractivity contribution is 9.10. The molecule has 0 aliphatic heterocycles. The number of rotatable bonds is 3. The number of aromatic nitrogens is 2. The van der Waals surface area contributed by atoms with Crippen molar-refractivity contribution in [3.63, 3.8) is 0 Å². The van der Waals surface area contributed by atoms with Gasteiger partial charge in [-0.25, -0.2) is 4.98 Å². The third-order valence-corrected chi connectivity index (χ3v) is 5.24. The van der Waals surface area contributed by atoms with E-state index in [0.29, 0.717) is 21.5 Å². The summed E-state index contributed by atoms with van der Waals surface area (Å²) >= 11 is 21.7. The minimum Gasteiger partial charge on any atom is -0.345 e. The minimum absolute atomic E-state index is 0.591. The van der Waals surface area contributed by atoms with Crippen LogP contribution in [-0.4, -0.2) is 9.97 Å². The van der Waals surface area contributed by atoms with E-state index in [0.717, 1.165) is 32.8 Å². The number of H-pyrrole nitrogens is 1. The molecule has 0 amide bonds. The van der Waals surface area contributed by atoms with Crippen molar-refractivity contribution in [2.45, 2.75) is 13.3 Å². The van der Waals surface area contributed by atoms with Gasteiger partial charge in [0.25, 0.3) is 0 Å². The zero-order chi connectivity index (χ0) is 16.6. The minimum atomic E-state index is 0.591. The zero-order valence-corrected chi connectivity index (χ0v) is 16.0. The molecule has 0 fully saturated rings. The molecule has 2 aromatic carbocycles. The second-order valence-electron chi connectivity index (χ2n) is 5.21. The summed E-state index contributed by atoms with van der Waals surface area (Å²) in [5.41, 5.74) is 3.80. The first-order valence-electron chi connectivity index (χ1n) is 6.89. The van der Waals surface area contributed by atoms with Gasteiger partial charge < -0.3 is 4.98 Å². The van der Waals surface area contributed by atoms with Crippen LogP contribution in [0.1, 0.15) is 17.1 Å². The molecule has 0 atom stereocenters. The van der Waals surface area contributed by atoms with Crippen molar-refractivity contribution in [3.05, 3.63) is 73.0 Å². The van der Waals surface area contributed by atoms with Crippen molar-refractivity contribution in [2.75, 3.05) is 0 Å². The average Bonchev–Trinajstić information content (AvgIpc) is 2.83. The third kappa shape index (κ3) is 3.74. The molecule has 0 saturated heterocycles. The quantitative estimate of drug-likeness (QED) is 0.492. The number of benzene rings is 2. The van der Waals surface area contributed by atoms with Gasteiger partial charge in [-0.1, -0.05) is 40.9 Å². The summed E-state index contributed by atoms with van der Waals surface area (Å²) in [5.74, 6) is 0.873. The third-order valence-electron chi connectivity index (χ3n) is 3.48. The predicted octanol–water partition coefficient (Wildman–Crippen LogP) is 6.70. The number of hydrogen-bond acceptors (Lipinski definition) is 1. The van der Waals surface area contributed by atoms with Crippen LogP contribution in [0, 0.1) is 6.92 Å². The summed E-state index contributed by atoms with van der Waals surface area (Å²) < 4.78 is 0.876. The monoisotopic (exact) mass is 428 g/mol. The van der Waals surface area contributed by atoms with E-state index in [2.05, 4.69) is 25.9 Å². The molecule has 0 aliphatic carbocycles. The number of nitrogens with zero attached hydrogens (tertiary/aromatic N) is 1. The topological polar surface area (TPSA) is 28.7 Å². The molecule has 0 spiro atoms. The molecule has 3 aromatic rings. The SMILES string of the molecule is Cc1[nH]c(Cc2ccc(Cl)c(Br)c2)nc1-c1ccc(Cl)cc1Cl. The normalized spacial score (nSPS) is 11.0. The van der Waals surface area contributed by atoms with Gasteiger partial charge in [0.2, 0.25) is 0 Å². The molecule has 6 heteroatoms. The molecule has 0 unspecified atom stereocenters. The van der Waals surface area contributed by atoms with Crippen LogP contribution in [0.25, 0.3) is 11.3 Å². The fourth-order valence-corrected chi connectivity index (χ4v) is 3.43. The van der Waals surface area contributed by atoms with E-state index in [1.54, 1.807) is 6.07 Å². The Labute approximate surface area is 157 Å². The lowest BCUT2D eigenvalue weighted by atomic mass is 10.1. The van der Waals surface area contributed by atoms with Gasteiger partial charge in [0.1, 0.15) is 5.82 Å². The molecular formula is C17H12BrCl3N2. The predicted molar refractivity (Wildman–Crippen MR) is 101 cm³/mol. The van der Waals surface area contributed by atoms with Crippen molar-refractivity contribution >= 4 is 50.7 Å². The van der Waals surface area contributed by atoms with Crippen molar-refractivity contribution in [2.24, 2.45) is 0 Å². The second kappa shape index (κ2) is 6.86. The van der Waals surface area contributed by atoms with Crippen molar-refractivity contribution in [1.82, 2.24) is 9.97 Å². The molecule has 0 radical (unpaired) electrons. The summed E-state index contributed by atoms with van der Waals surface area (Å²) in [7, 11) is 0. The van der Waals surface area contributed by atoms with Crippen LogP contribution in [0.4, 0.5) is 0 Å². The first-order valence-corrected chi connectivity index (χ1v) is 8.81. The van der Waals surface area contributed by atoms with Gasteiger partial charge in [0.15, 0.2) is 0 Å². The van der Waals surface area contributed by atoms with Crippen molar-refractivity contribution in [1.29, 1.82) is 0 Å². The van der Waals surface area contributed by atoms with Gasteiger partial charge in [-0.3, -0.25) is 0 Å². The summed E-state index contributed by atoms with van der Waals surface area (Å²) in [6.07, 6.45) is 0.682.